The van der Waals surface area contributed by atoms with Gasteiger partial charge in [-0.3, -0.25) is 0 Å². The molecule has 0 unspecified atom stereocenters. The minimum Gasteiger partial charge on any atom is -0.381 e. The molecule has 14 heavy (non-hydrogen) atoms. The Morgan fingerprint density at radius 2 is 1.93 bits per heavy atom. The molecule has 0 saturated heterocycles. The molecule has 0 saturated carbocycles. The van der Waals surface area contributed by atoms with Gasteiger partial charge in [-0.2, -0.15) is 0 Å². The van der Waals surface area contributed by atoms with Crippen LogP contribution in [0.5, 0.6) is 0 Å². The summed E-state index contributed by atoms with van der Waals surface area (Å²) in [6.07, 6.45) is 2.38. The molecule has 1 heteroatoms. The average molecular weight is 192 g/mol. The number of ether oxygens (including phenoxy) is 1. The molecule has 1 nitrogen and oxygen atoms in total. The van der Waals surface area contributed by atoms with Crippen LogP contribution in [0.1, 0.15) is 38.2 Å². The molecule has 0 amide bonds. The number of unbranched alkanes of at least 4 members (excludes halogenated alkanes) is 1. The zero-order chi connectivity index (χ0) is 10.2. The summed E-state index contributed by atoms with van der Waals surface area (Å²) >= 11 is 0. The Labute approximate surface area is 87.1 Å². The Balaban J connectivity index is 2.25. The lowest BCUT2D eigenvalue weighted by Crippen LogP contribution is -2.05. The largest absolute Gasteiger partial charge is 0.381 e. The molecule has 0 fully saturated rings. The topological polar surface area (TPSA) is 9.23 Å². The van der Waals surface area contributed by atoms with Gasteiger partial charge in [-0.15, -0.1) is 0 Å². The van der Waals surface area contributed by atoms with Crippen molar-refractivity contribution < 1.29 is 4.74 Å². The molecule has 0 N–H and O–H groups in total. The number of rotatable bonds is 6. The van der Waals surface area contributed by atoms with Crippen molar-refractivity contribution in [1.29, 1.82) is 0 Å². The Morgan fingerprint density at radius 3 is 2.57 bits per heavy atom. The van der Waals surface area contributed by atoms with Gasteiger partial charge < -0.3 is 4.74 Å². The van der Waals surface area contributed by atoms with Gasteiger partial charge in [0.2, 0.25) is 0 Å². The summed E-state index contributed by atoms with van der Waals surface area (Å²) in [6.45, 7) is 6.13. The first kappa shape index (κ1) is 11.3. The van der Waals surface area contributed by atoms with E-state index in [1.54, 1.807) is 0 Å². The third-order valence-electron chi connectivity index (χ3n) is 2.38. The van der Waals surface area contributed by atoms with Crippen LogP contribution in [0.15, 0.2) is 30.3 Å². The van der Waals surface area contributed by atoms with Gasteiger partial charge in [0.15, 0.2) is 0 Å². The van der Waals surface area contributed by atoms with Crippen molar-refractivity contribution >= 4 is 0 Å². The van der Waals surface area contributed by atoms with E-state index in [2.05, 4.69) is 38.1 Å². The van der Waals surface area contributed by atoms with Gasteiger partial charge in [0.25, 0.3) is 0 Å². The van der Waals surface area contributed by atoms with Crippen LogP contribution < -0.4 is 0 Å². The average Bonchev–Trinajstić information content (AvgIpc) is 2.25. The summed E-state index contributed by atoms with van der Waals surface area (Å²) in [4.78, 5) is 0. The van der Waals surface area contributed by atoms with E-state index in [0.717, 1.165) is 13.2 Å². The molecular formula is C13H20O. The third-order valence-corrected chi connectivity index (χ3v) is 2.38. The third kappa shape index (κ3) is 3.93. The summed E-state index contributed by atoms with van der Waals surface area (Å²) in [6, 6.07) is 10.5. The number of hydrogen-bond acceptors (Lipinski definition) is 1. The van der Waals surface area contributed by atoms with E-state index >= 15 is 0 Å². The first-order valence-electron chi connectivity index (χ1n) is 5.47. The fourth-order valence-electron chi connectivity index (χ4n) is 1.38. The quantitative estimate of drug-likeness (QED) is 0.626. The second-order valence-corrected chi connectivity index (χ2v) is 3.74. The molecule has 1 aromatic rings. The molecule has 0 radical (unpaired) electrons. The summed E-state index contributed by atoms with van der Waals surface area (Å²) in [5.74, 6) is 0.507. The van der Waals surface area contributed by atoms with Gasteiger partial charge in [0, 0.05) is 12.5 Å². The van der Waals surface area contributed by atoms with Crippen LogP contribution in [0.2, 0.25) is 0 Å². The van der Waals surface area contributed by atoms with Crippen molar-refractivity contribution in [2.75, 3.05) is 13.2 Å². The van der Waals surface area contributed by atoms with Gasteiger partial charge in [-0.05, 0) is 12.0 Å². The lowest BCUT2D eigenvalue weighted by Gasteiger charge is -2.11. The van der Waals surface area contributed by atoms with Crippen LogP contribution in [-0.2, 0) is 4.74 Å². The summed E-state index contributed by atoms with van der Waals surface area (Å²) in [5, 5.41) is 0. The normalized spacial score (nSPS) is 12.7. The highest BCUT2D eigenvalue weighted by Crippen LogP contribution is 2.14. The second-order valence-electron chi connectivity index (χ2n) is 3.74. The van der Waals surface area contributed by atoms with Crippen LogP contribution in [0, 0.1) is 0 Å². The van der Waals surface area contributed by atoms with Crippen LogP contribution >= 0.6 is 0 Å². The molecule has 1 rings (SSSR count). The minimum absolute atomic E-state index is 0.507. The van der Waals surface area contributed by atoms with Crippen molar-refractivity contribution in [2.24, 2.45) is 0 Å². The van der Waals surface area contributed by atoms with Gasteiger partial charge in [-0.25, -0.2) is 0 Å². The van der Waals surface area contributed by atoms with E-state index in [1.807, 2.05) is 6.07 Å². The highest BCUT2D eigenvalue weighted by Gasteiger charge is 2.03. The standard InChI is InChI=1S/C13H20O/c1-3-4-10-14-11-12(2)13-8-6-5-7-9-13/h5-9,12H,3-4,10-11H2,1-2H3/t12-/m1/s1. The summed E-state index contributed by atoms with van der Waals surface area (Å²) < 4.78 is 5.59. The van der Waals surface area contributed by atoms with Crippen molar-refractivity contribution in [3.63, 3.8) is 0 Å². The zero-order valence-corrected chi connectivity index (χ0v) is 9.20. The van der Waals surface area contributed by atoms with Crippen LogP contribution in [-0.4, -0.2) is 13.2 Å². The molecule has 0 aromatic heterocycles. The Morgan fingerprint density at radius 1 is 1.21 bits per heavy atom. The minimum atomic E-state index is 0.507. The summed E-state index contributed by atoms with van der Waals surface area (Å²) in [7, 11) is 0. The maximum absolute atomic E-state index is 5.59. The van der Waals surface area contributed by atoms with Crippen LogP contribution in [0.3, 0.4) is 0 Å². The lowest BCUT2D eigenvalue weighted by molar-refractivity contribution is 0.121. The fraction of sp³-hybridized carbons (Fsp3) is 0.538. The molecule has 0 bridgehead atoms. The van der Waals surface area contributed by atoms with E-state index in [4.69, 9.17) is 4.74 Å². The van der Waals surface area contributed by atoms with Crippen molar-refractivity contribution in [1.82, 2.24) is 0 Å². The van der Waals surface area contributed by atoms with E-state index in [0.29, 0.717) is 5.92 Å². The first-order valence-corrected chi connectivity index (χ1v) is 5.47. The zero-order valence-electron chi connectivity index (χ0n) is 9.20. The van der Waals surface area contributed by atoms with E-state index in [-0.39, 0.29) is 0 Å². The molecule has 0 aliphatic carbocycles. The predicted molar refractivity (Wildman–Crippen MR) is 60.6 cm³/mol. The Hall–Kier alpha value is -0.820. The van der Waals surface area contributed by atoms with Crippen molar-refractivity contribution in [3.8, 4) is 0 Å². The number of benzene rings is 1. The van der Waals surface area contributed by atoms with E-state index in [1.165, 1.54) is 18.4 Å². The molecule has 0 aliphatic rings. The summed E-state index contributed by atoms with van der Waals surface area (Å²) in [5.41, 5.74) is 1.36. The highest BCUT2D eigenvalue weighted by atomic mass is 16.5. The number of hydrogen-bond donors (Lipinski definition) is 0. The molecule has 0 heterocycles. The van der Waals surface area contributed by atoms with E-state index < -0.39 is 0 Å². The molecule has 0 aliphatic heterocycles. The van der Waals surface area contributed by atoms with Gasteiger partial charge in [0.1, 0.15) is 0 Å². The first-order chi connectivity index (χ1) is 6.84. The van der Waals surface area contributed by atoms with Crippen LogP contribution in [0.25, 0.3) is 0 Å². The highest BCUT2D eigenvalue weighted by molar-refractivity contribution is 5.18. The monoisotopic (exact) mass is 192 g/mol. The van der Waals surface area contributed by atoms with Gasteiger partial charge >= 0.3 is 0 Å². The molecule has 78 valence electrons. The van der Waals surface area contributed by atoms with Crippen LogP contribution in [0.4, 0.5) is 0 Å². The smallest absolute Gasteiger partial charge is 0.0532 e. The van der Waals surface area contributed by atoms with Crippen molar-refractivity contribution in [2.45, 2.75) is 32.6 Å². The van der Waals surface area contributed by atoms with E-state index in [9.17, 15) is 0 Å². The SMILES string of the molecule is CCCCOC[C@@H](C)c1ccccc1. The lowest BCUT2D eigenvalue weighted by atomic mass is 10.0. The van der Waals surface area contributed by atoms with Gasteiger partial charge in [0.05, 0.1) is 6.61 Å². The predicted octanol–water partition coefficient (Wildman–Crippen LogP) is 3.61. The molecule has 0 spiro atoms. The van der Waals surface area contributed by atoms with Crippen molar-refractivity contribution in [3.05, 3.63) is 35.9 Å². The Kier molecular flexibility index (Phi) is 5.31. The van der Waals surface area contributed by atoms with Gasteiger partial charge in [-0.1, -0.05) is 50.6 Å². The molecular weight excluding hydrogens is 172 g/mol. The molecule has 1 atom stereocenters. The maximum atomic E-state index is 5.59. The maximum Gasteiger partial charge on any atom is 0.0532 e. The fourth-order valence-corrected chi connectivity index (χ4v) is 1.38. The Bertz CT molecular complexity index is 230. The molecule has 1 aromatic carbocycles. The second kappa shape index (κ2) is 6.61.